The molecule has 340 valence electrons. The summed E-state index contributed by atoms with van der Waals surface area (Å²) in [6.45, 7) is 3.19. The molecule has 2 fully saturated rings. The summed E-state index contributed by atoms with van der Waals surface area (Å²) < 4.78 is 51.2. The second-order valence-corrected chi connectivity index (χ2v) is 17.9. The molecule has 11 nitrogen and oxygen atoms in total. The van der Waals surface area contributed by atoms with Crippen molar-refractivity contribution in [1.29, 1.82) is 0 Å². The Balaban J connectivity index is 0.711. The standard InChI is InChI=1S/C52H45F3N6O5S/c53-52(54,55)66-47-13-7-5-11-44(47)50(64)56-28-37-27-46-43-10-4-6-12-45(43)57-51(61(46)58-37)67-32-33-29-59(30-33)31-48(63)60-24-22-40(23-25-60)65-39-18-14-35(15-19-39)49-41(34-8-2-1-3-9-34)20-16-36-26-38(62)17-21-42(36)49/h1-21,26-27,33,40,62H,22-25,28-32H2,(H,56,64). The van der Waals surface area contributed by atoms with Crippen LogP contribution >= 0.6 is 11.8 Å². The Labute approximate surface area is 388 Å². The molecule has 15 heteroatoms. The number of ether oxygens (including phenoxy) is 2. The van der Waals surface area contributed by atoms with Crippen molar-refractivity contribution in [2.45, 2.75) is 37.0 Å². The van der Waals surface area contributed by atoms with Gasteiger partial charge in [-0.2, -0.15) is 5.10 Å². The van der Waals surface area contributed by atoms with E-state index in [4.69, 9.17) is 14.8 Å². The minimum absolute atomic E-state index is 0.00441. The summed E-state index contributed by atoms with van der Waals surface area (Å²) in [5, 5.41) is 21.1. The van der Waals surface area contributed by atoms with Gasteiger partial charge in [-0.1, -0.05) is 103 Å². The van der Waals surface area contributed by atoms with Gasteiger partial charge < -0.3 is 24.8 Å². The fourth-order valence-corrected chi connectivity index (χ4v) is 10.0. The molecule has 2 N–H and O–H groups in total. The van der Waals surface area contributed by atoms with E-state index in [1.54, 1.807) is 28.4 Å². The number of thioether (sulfide) groups is 1. The van der Waals surface area contributed by atoms with Crippen LogP contribution in [0, 0.1) is 5.92 Å². The largest absolute Gasteiger partial charge is 0.573 e. The first kappa shape index (κ1) is 43.8. The van der Waals surface area contributed by atoms with E-state index < -0.39 is 18.0 Å². The lowest BCUT2D eigenvalue weighted by Gasteiger charge is -2.40. The van der Waals surface area contributed by atoms with Gasteiger partial charge in [0.1, 0.15) is 23.4 Å². The highest BCUT2D eigenvalue weighted by molar-refractivity contribution is 7.99. The maximum atomic E-state index is 13.4. The lowest BCUT2D eigenvalue weighted by molar-refractivity contribution is -0.274. The minimum Gasteiger partial charge on any atom is -0.508 e. The molecule has 4 heterocycles. The smallest absolute Gasteiger partial charge is 0.508 e. The van der Waals surface area contributed by atoms with Crippen molar-refractivity contribution in [3.8, 4) is 39.5 Å². The number of fused-ring (bicyclic) bond motifs is 4. The van der Waals surface area contributed by atoms with Crippen LogP contribution in [0.3, 0.4) is 0 Å². The van der Waals surface area contributed by atoms with Crippen molar-refractivity contribution in [1.82, 2.24) is 29.7 Å². The number of para-hydroxylation sites is 2. The van der Waals surface area contributed by atoms with Crippen molar-refractivity contribution >= 4 is 50.8 Å². The van der Waals surface area contributed by atoms with Crippen LogP contribution in [0.25, 0.3) is 49.4 Å². The minimum atomic E-state index is -4.94. The molecule has 2 aromatic heterocycles. The van der Waals surface area contributed by atoms with Crippen LogP contribution in [0.15, 0.2) is 145 Å². The van der Waals surface area contributed by atoms with E-state index >= 15 is 0 Å². The molecule has 2 amide bonds. The summed E-state index contributed by atoms with van der Waals surface area (Å²) in [4.78, 5) is 35.4. The summed E-state index contributed by atoms with van der Waals surface area (Å²) in [5.41, 5.74) is 6.24. The predicted molar refractivity (Wildman–Crippen MR) is 252 cm³/mol. The summed E-state index contributed by atoms with van der Waals surface area (Å²) in [7, 11) is 0. The van der Waals surface area contributed by atoms with E-state index in [1.165, 1.54) is 18.2 Å². The monoisotopic (exact) mass is 922 g/mol. The van der Waals surface area contributed by atoms with Crippen LogP contribution in [-0.4, -0.2) is 92.3 Å². The number of phenols is 1. The highest BCUT2D eigenvalue weighted by atomic mass is 32.2. The highest BCUT2D eigenvalue weighted by Crippen LogP contribution is 2.40. The Morgan fingerprint density at radius 3 is 2.34 bits per heavy atom. The summed E-state index contributed by atoms with van der Waals surface area (Å²) in [6.07, 6.45) is -3.44. The number of hydrogen-bond donors (Lipinski definition) is 2. The molecule has 0 bridgehead atoms. The number of benzene rings is 6. The van der Waals surface area contributed by atoms with Crippen LogP contribution in [0.5, 0.6) is 17.2 Å². The van der Waals surface area contributed by atoms with Crippen LogP contribution in [0.2, 0.25) is 0 Å². The number of nitrogens with one attached hydrogen (secondary N) is 1. The number of hydrogen-bond acceptors (Lipinski definition) is 9. The van der Waals surface area contributed by atoms with Crippen molar-refractivity contribution < 1.29 is 37.3 Å². The molecule has 0 atom stereocenters. The molecule has 0 unspecified atom stereocenters. The van der Waals surface area contributed by atoms with Gasteiger partial charge in [0, 0.05) is 50.2 Å². The van der Waals surface area contributed by atoms with Gasteiger partial charge in [0.15, 0.2) is 5.16 Å². The number of carbonyl (C=O) groups excluding carboxylic acids is 2. The normalized spacial score (nSPS) is 14.9. The topological polar surface area (TPSA) is 122 Å². The molecule has 0 radical (unpaired) electrons. The zero-order valence-electron chi connectivity index (χ0n) is 36.2. The molecular weight excluding hydrogens is 878 g/mol. The number of alkyl halides is 3. The van der Waals surface area contributed by atoms with Crippen LogP contribution in [0.1, 0.15) is 28.9 Å². The number of carbonyl (C=O) groups is 2. The fourth-order valence-electron chi connectivity index (χ4n) is 9.02. The maximum Gasteiger partial charge on any atom is 0.573 e. The molecule has 8 aromatic rings. The molecule has 10 rings (SSSR count). The first-order chi connectivity index (χ1) is 32.5. The van der Waals surface area contributed by atoms with E-state index in [0.717, 1.165) is 92.9 Å². The van der Waals surface area contributed by atoms with Crippen LogP contribution < -0.4 is 14.8 Å². The number of likely N-dealkylation sites (tertiary alicyclic amines) is 2. The Morgan fingerprint density at radius 1 is 0.806 bits per heavy atom. The number of nitrogens with zero attached hydrogens (tertiary/aromatic N) is 5. The van der Waals surface area contributed by atoms with E-state index in [1.807, 2.05) is 77.7 Å². The van der Waals surface area contributed by atoms with Gasteiger partial charge in [0.2, 0.25) is 5.91 Å². The highest BCUT2D eigenvalue weighted by Gasteiger charge is 2.34. The lowest BCUT2D eigenvalue weighted by atomic mass is 9.89. The summed E-state index contributed by atoms with van der Waals surface area (Å²) >= 11 is 1.57. The van der Waals surface area contributed by atoms with Gasteiger partial charge in [-0.3, -0.25) is 14.5 Å². The number of phenolic OH excluding ortho intramolecular Hbond substituents is 1. The van der Waals surface area contributed by atoms with Gasteiger partial charge in [0.25, 0.3) is 5.91 Å². The second-order valence-electron chi connectivity index (χ2n) is 16.9. The Hall–Kier alpha value is -7.10. The fraction of sp³-hybridized carbons (Fsp3) is 0.231. The molecule has 6 aromatic carbocycles. The molecule has 2 saturated heterocycles. The van der Waals surface area contributed by atoms with Crippen LogP contribution in [0.4, 0.5) is 13.2 Å². The van der Waals surface area contributed by atoms with Gasteiger partial charge in [0.05, 0.1) is 35.4 Å². The maximum absolute atomic E-state index is 13.4. The Bertz CT molecular complexity index is 3100. The quantitative estimate of drug-likeness (QED) is 0.0860. The molecule has 2 aliphatic rings. The lowest BCUT2D eigenvalue weighted by Crippen LogP contribution is -2.53. The molecule has 67 heavy (non-hydrogen) atoms. The third-order valence-corrected chi connectivity index (χ3v) is 13.5. The van der Waals surface area contributed by atoms with Crippen molar-refractivity contribution in [3.05, 3.63) is 151 Å². The SMILES string of the molecule is O=C(NCc1cc2c3ccccc3nc(SCC3CN(CC(=O)N4CCC(Oc5ccc(-c6c(-c7ccccc7)ccc7cc(O)ccc67)cc5)CC4)C3)n2n1)c1ccccc1OC(F)(F)F. The second kappa shape index (κ2) is 18.6. The van der Waals surface area contributed by atoms with Crippen molar-refractivity contribution in [3.63, 3.8) is 0 Å². The molecule has 0 saturated carbocycles. The van der Waals surface area contributed by atoms with E-state index in [-0.39, 0.29) is 29.9 Å². The number of piperidine rings is 1. The van der Waals surface area contributed by atoms with Crippen molar-refractivity contribution in [2.75, 3.05) is 38.5 Å². The third-order valence-electron chi connectivity index (χ3n) is 12.3. The summed E-state index contributed by atoms with van der Waals surface area (Å²) in [5.74, 6) is 0.945. The average Bonchev–Trinajstić information content (AvgIpc) is 3.76. The number of aromatic nitrogens is 3. The third kappa shape index (κ3) is 9.74. The number of amides is 2. The molecular formula is C52H45F3N6O5S. The Kier molecular flexibility index (Phi) is 12.2. The number of aromatic hydroxyl groups is 1. The van der Waals surface area contributed by atoms with Gasteiger partial charge >= 0.3 is 6.36 Å². The average molecular weight is 923 g/mol. The molecule has 0 spiro atoms. The van der Waals surface area contributed by atoms with Gasteiger partial charge in [-0.05, 0) is 87.5 Å². The van der Waals surface area contributed by atoms with Gasteiger partial charge in [-0.25, -0.2) is 9.50 Å². The van der Waals surface area contributed by atoms with Crippen LogP contribution in [-0.2, 0) is 11.3 Å². The van der Waals surface area contributed by atoms with E-state index in [0.29, 0.717) is 36.4 Å². The molecule has 2 aliphatic heterocycles. The zero-order valence-corrected chi connectivity index (χ0v) is 37.0. The zero-order chi connectivity index (χ0) is 46.1. The number of rotatable bonds is 13. The van der Waals surface area contributed by atoms with Crippen molar-refractivity contribution in [2.24, 2.45) is 5.92 Å². The Morgan fingerprint density at radius 2 is 1.55 bits per heavy atom. The predicted octanol–water partition coefficient (Wildman–Crippen LogP) is 10.00. The van der Waals surface area contributed by atoms with Gasteiger partial charge in [-0.15, -0.1) is 13.2 Å². The first-order valence-electron chi connectivity index (χ1n) is 22.1. The number of halogens is 3. The summed E-state index contributed by atoms with van der Waals surface area (Å²) in [6, 6.07) is 42.9. The van der Waals surface area contributed by atoms with E-state index in [9.17, 15) is 27.9 Å². The first-order valence-corrected chi connectivity index (χ1v) is 23.1. The van der Waals surface area contributed by atoms with E-state index in [2.05, 4.69) is 45.3 Å². The molecule has 0 aliphatic carbocycles.